The molecule has 0 spiro atoms. The first-order valence-corrected chi connectivity index (χ1v) is 7.43. The second-order valence-corrected chi connectivity index (χ2v) is 5.54. The van der Waals surface area contributed by atoms with Gasteiger partial charge in [0.1, 0.15) is 5.75 Å². The van der Waals surface area contributed by atoms with E-state index >= 15 is 0 Å². The molecule has 0 bridgehead atoms. The van der Waals surface area contributed by atoms with Gasteiger partial charge in [-0.15, -0.1) is 0 Å². The minimum atomic E-state index is 0.902. The number of methoxy groups -OCH3 is 1. The number of hydrogen-bond acceptors (Lipinski definition) is 3. The van der Waals surface area contributed by atoms with Crippen molar-refractivity contribution in [1.82, 2.24) is 5.32 Å². The number of nitrogens with one attached hydrogen (secondary N) is 1. The van der Waals surface area contributed by atoms with Crippen molar-refractivity contribution in [3.8, 4) is 5.75 Å². The Kier molecular flexibility index (Phi) is 4.11. The highest BCUT2D eigenvalue weighted by Crippen LogP contribution is 2.24. The van der Waals surface area contributed by atoms with Crippen LogP contribution in [0.2, 0.25) is 0 Å². The molecule has 0 fully saturated rings. The SMILES string of the molecule is COc1cccc(N(C)Cc2cccc3c2CCNC3)c1. The Bertz CT molecular complexity index is 624. The lowest BCUT2D eigenvalue weighted by Gasteiger charge is -2.25. The summed E-state index contributed by atoms with van der Waals surface area (Å²) in [6.45, 7) is 3.00. The van der Waals surface area contributed by atoms with E-state index in [1.807, 2.05) is 12.1 Å². The van der Waals surface area contributed by atoms with E-state index in [0.717, 1.165) is 31.8 Å². The maximum absolute atomic E-state index is 5.31. The van der Waals surface area contributed by atoms with Gasteiger partial charge in [0.15, 0.2) is 0 Å². The summed E-state index contributed by atoms with van der Waals surface area (Å²) in [5, 5.41) is 3.44. The molecule has 0 aromatic heterocycles. The molecule has 0 saturated carbocycles. The van der Waals surface area contributed by atoms with Gasteiger partial charge in [0, 0.05) is 31.9 Å². The molecule has 0 radical (unpaired) electrons. The van der Waals surface area contributed by atoms with Crippen LogP contribution in [0.3, 0.4) is 0 Å². The molecule has 3 heteroatoms. The van der Waals surface area contributed by atoms with Crippen molar-refractivity contribution >= 4 is 5.69 Å². The van der Waals surface area contributed by atoms with Crippen molar-refractivity contribution in [3.63, 3.8) is 0 Å². The molecule has 0 amide bonds. The molecule has 2 aromatic carbocycles. The summed E-state index contributed by atoms with van der Waals surface area (Å²) in [4.78, 5) is 2.28. The third-order valence-corrected chi connectivity index (χ3v) is 4.14. The van der Waals surface area contributed by atoms with Crippen LogP contribution in [0.15, 0.2) is 42.5 Å². The second-order valence-electron chi connectivity index (χ2n) is 5.54. The van der Waals surface area contributed by atoms with E-state index in [-0.39, 0.29) is 0 Å². The molecule has 1 heterocycles. The smallest absolute Gasteiger partial charge is 0.120 e. The standard InChI is InChI=1S/C18H22N2O/c1-20(16-7-4-8-17(11-16)21-2)13-15-6-3-5-14-12-19-10-9-18(14)15/h3-8,11,19H,9-10,12-13H2,1-2H3. The molecule has 21 heavy (non-hydrogen) atoms. The first-order chi connectivity index (χ1) is 10.3. The van der Waals surface area contributed by atoms with Crippen LogP contribution in [-0.2, 0) is 19.5 Å². The number of anilines is 1. The first kappa shape index (κ1) is 14.0. The molecule has 0 unspecified atom stereocenters. The van der Waals surface area contributed by atoms with Gasteiger partial charge in [-0.25, -0.2) is 0 Å². The van der Waals surface area contributed by atoms with Gasteiger partial charge in [-0.3, -0.25) is 0 Å². The van der Waals surface area contributed by atoms with Gasteiger partial charge >= 0.3 is 0 Å². The molecule has 1 aliphatic heterocycles. The van der Waals surface area contributed by atoms with Crippen LogP contribution in [0.4, 0.5) is 5.69 Å². The van der Waals surface area contributed by atoms with Gasteiger partial charge < -0.3 is 15.0 Å². The summed E-state index contributed by atoms with van der Waals surface area (Å²) >= 11 is 0. The number of ether oxygens (including phenoxy) is 1. The largest absolute Gasteiger partial charge is 0.497 e. The number of hydrogen-bond donors (Lipinski definition) is 1. The van der Waals surface area contributed by atoms with Gasteiger partial charge in [0.05, 0.1) is 7.11 Å². The van der Waals surface area contributed by atoms with Crippen molar-refractivity contribution in [2.24, 2.45) is 0 Å². The average molecular weight is 282 g/mol. The molecule has 0 atom stereocenters. The number of benzene rings is 2. The molecule has 110 valence electrons. The summed E-state index contributed by atoms with van der Waals surface area (Å²) in [5.74, 6) is 0.902. The fraction of sp³-hybridized carbons (Fsp3) is 0.333. The molecule has 0 saturated heterocycles. The highest BCUT2D eigenvalue weighted by atomic mass is 16.5. The van der Waals surface area contributed by atoms with Crippen LogP contribution in [0, 0.1) is 0 Å². The topological polar surface area (TPSA) is 24.5 Å². The van der Waals surface area contributed by atoms with Crippen molar-refractivity contribution in [3.05, 3.63) is 59.2 Å². The van der Waals surface area contributed by atoms with Gasteiger partial charge in [0.2, 0.25) is 0 Å². The van der Waals surface area contributed by atoms with Crippen LogP contribution in [-0.4, -0.2) is 20.7 Å². The summed E-state index contributed by atoms with van der Waals surface area (Å²) in [6.07, 6.45) is 1.12. The second kappa shape index (κ2) is 6.19. The predicted molar refractivity (Wildman–Crippen MR) is 87.0 cm³/mol. The summed E-state index contributed by atoms with van der Waals surface area (Å²) in [6, 6.07) is 14.9. The molecule has 3 nitrogen and oxygen atoms in total. The lowest BCUT2D eigenvalue weighted by molar-refractivity contribution is 0.415. The number of nitrogens with zero attached hydrogens (tertiary/aromatic N) is 1. The third-order valence-electron chi connectivity index (χ3n) is 4.14. The van der Waals surface area contributed by atoms with Gasteiger partial charge in [-0.2, -0.15) is 0 Å². The summed E-state index contributed by atoms with van der Waals surface area (Å²) in [5.41, 5.74) is 5.57. The van der Waals surface area contributed by atoms with Gasteiger partial charge in [0.25, 0.3) is 0 Å². The van der Waals surface area contributed by atoms with Crippen LogP contribution in [0.25, 0.3) is 0 Å². The first-order valence-electron chi connectivity index (χ1n) is 7.43. The maximum Gasteiger partial charge on any atom is 0.120 e. The number of rotatable bonds is 4. The molecule has 1 aliphatic rings. The lowest BCUT2D eigenvalue weighted by atomic mass is 9.95. The van der Waals surface area contributed by atoms with Crippen LogP contribution < -0.4 is 15.0 Å². The highest BCUT2D eigenvalue weighted by Gasteiger charge is 2.13. The van der Waals surface area contributed by atoms with E-state index in [1.54, 1.807) is 7.11 Å². The van der Waals surface area contributed by atoms with E-state index in [4.69, 9.17) is 4.74 Å². The molecule has 3 rings (SSSR count). The van der Waals surface area contributed by atoms with Crippen LogP contribution in [0.1, 0.15) is 16.7 Å². The van der Waals surface area contributed by atoms with Crippen molar-refractivity contribution in [2.45, 2.75) is 19.5 Å². The van der Waals surface area contributed by atoms with Crippen molar-refractivity contribution in [1.29, 1.82) is 0 Å². The fourth-order valence-corrected chi connectivity index (χ4v) is 2.95. The maximum atomic E-state index is 5.31. The quantitative estimate of drug-likeness (QED) is 0.933. The Morgan fingerprint density at radius 2 is 2.05 bits per heavy atom. The zero-order chi connectivity index (χ0) is 14.7. The Labute approximate surface area is 126 Å². The fourth-order valence-electron chi connectivity index (χ4n) is 2.95. The van der Waals surface area contributed by atoms with Crippen molar-refractivity contribution < 1.29 is 4.74 Å². The number of fused-ring (bicyclic) bond motifs is 1. The Morgan fingerprint density at radius 3 is 2.90 bits per heavy atom. The van der Waals surface area contributed by atoms with Crippen LogP contribution >= 0.6 is 0 Å². The summed E-state index contributed by atoms with van der Waals surface area (Å²) < 4.78 is 5.31. The molecular weight excluding hydrogens is 260 g/mol. The van der Waals surface area contributed by atoms with E-state index in [2.05, 4.69) is 47.6 Å². The average Bonchev–Trinajstić information content (AvgIpc) is 2.55. The Balaban J connectivity index is 1.82. The minimum absolute atomic E-state index is 0.902. The van der Waals surface area contributed by atoms with E-state index < -0.39 is 0 Å². The normalized spacial score (nSPS) is 13.6. The Morgan fingerprint density at radius 1 is 1.19 bits per heavy atom. The molecule has 1 N–H and O–H groups in total. The monoisotopic (exact) mass is 282 g/mol. The van der Waals surface area contributed by atoms with Crippen molar-refractivity contribution in [2.75, 3.05) is 25.6 Å². The highest BCUT2D eigenvalue weighted by molar-refractivity contribution is 5.51. The zero-order valence-electron chi connectivity index (χ0n) is 12.7. The van der Waals surface area contributed by atoms with E-state index in [1.165, 1.54) is 22.4 Å². The van der Waals surface area contributed by atoms with E-state index in [0.29, 0.717) is 0 Å². The Hall–Kier alpha value is -2.00. The van der Waals surface area contributed by atoms with Crippen LogP contribution in [0.5, 0.6) is 5.75 Å². The zero-order valence-corrected chi connectivity index (χ0v) is 12.7. The predicted octanol–water partition coefficient (Wildman–Crippen LogP) is 2.98. The van der Waals surface area contributed by atoms with Gasteiger partial charge in [-0.1, -0.05) is 24.3 Å². The molecular formula is C18H22N2O. The lowest BCUT2D eigenvalue weighted by Crippen LogP contribution is -2.26. The third kappa shape index (κ3) is 3.03. The summed E-state index contributed by atoms with van der Waals surface area (Å²) in [7, 11) is 3.84. The van der Waals surface area contributed by atoms with Gasteiger partial charge in [-0.05, 0) is 41.8 Å². The molecule has 0 aliphatic carbocycles. The minimum Gasteiger partial charge on any atom is -0.497 e. The molecule has 2 aromatic rings. The van der Waals surface area contributed by atoms with E-state index in [9.17, 15) is 0 Å².